The van der Waals surface area contributed by atoms with Crippen molar-refractivity contribution in [3.05, 3.63) is 47.6 Å². The number of carbonyl (C=O) groups excluding carboxylic acids is 1. The third kappa shape index (κ3) is 3.88. The fraction of sp³-hybridized carbons (Fsp3) is 0.348. The molecule has 1 aromatic carbocycles. The minimum Gasteiger partial charge on any atom is -0.359 e. The quantitative estimate of drug-likeness (QED) is 0.426. The summed E-state index contributed by atoms with van der Waals surface area (Å²) in [6, 6.07) is 8.27. The van der Waals surface area contributed by atoms with Crippen LogP contribution in [0.5, 0.6) is 0 Å². The summed E-state index contributed by atoms with van der Waals surface area (Å²) in [6.45, 7) is 2.01. The predicted molar refractivity (Wildman–Crippen MR) is 130 cm³/mol. The van der Waals surface area contributed by atoms with Crippen LogP contribution in [0, 0.1) is 5.41 Å². The second-order valence-corrected chi connectivity index (χ2v) is 9.55. The molecule has 0 saturated heterocycles. The van der Waals surface area contributed by atoms with E-state index in [9.17, 15) is 4.79 Å². The maximum Gasteiger partial charge on any atom is 0.225 e. The number of nitrogens with one attached hydrogen (secondary N) is 2. The highest BCUT2D eigenvalue weighted by molar-refractivity contribution is 9.10. The van der Waals surface area contributed by atoms with Crippen LogP contribution in [0.4, 0.5) is 5.95 Å². The maximum atomic E-state index is 12.2. The van der Waals surface area contributed by atoms with Gasteiger partial charge in [0.25, 0.3) is 0 Å². The van der Waals surface area contributed by atoms with Crippen LogP contribution in [0.2, 0.25) is 0 Å². The fourth-order valence-corrected chi connectivity index (χ4v) is 5.02. The molecule has 1 saturated carbocycles. The van der Waals surface area contributed by atoms with Crippen molar-refractivity contribution in [2.75, 3.05) is 12.4 Å². The number of hydrogen-bond acceptors (Lipinski definition) is 6. The van der Waals surface area contributed by atoms with E-state index >= 15 is 0 Å². The highest BCUT2D eigenvalue weighted by Crippen LogP contribution is 2.39. The molecule has 1 aliphatic rings. The first-order valence-electron chi connectivity index (χ1n) is 10.8. The van der Waals surface area contributed by atoms with Gasteiger partial charge in [-0.2, -0.15) is 10.1 Å². The number of nitrogens with zero attached hydrogens (tertiary/aromatic N) is 6. The smallest absolute Gasteiger partial charge is 0.225 e. The van der Waals surface area contributed by atoms with Gasteiger partial charge >= 0.3 is 0 Å². The van der Waals surface area contributed by atoms with Crippen LogP contribution in [0.3, 0.4) is 0 Å². The number of imidazole rings is 1. The van der Waals surface area contributed by atoms with Crippen molar-refractivity contribution in [1.29, 1.82) is 0 Å². The van der Waals surface area contributed by atoms with Gasteiger partial charge in [-0.1, -0.05) is 19.1 Å². The number of aryl methyl sites for hydroxylation is 1. The van der Waals surface area contributed by atoms with Gasteiger partial charge in [-0.3, -0.25) is 4.79 Å². The minimum absolute atomic E-state index is 0.0831. The molecule has 170 valence electrons. The average molecular weight is 509 g/mol. The lowest BCUT2D eigenvalue weighted by molar-refractivity contribution is -0.129. The summed E-state index contributed by atoms with van der Waals surface area (Å²) < 4.78 is 4.48. The van der Waals surface area contributed by atoms with E-state index in [1.54, 1.807) is 19.6 Å². The summed E-state index contributed by atoms with van der Waals surface area (Å²) in [5.41, 5.74) is 3.36. The zero-order chi connectivity index (χ0) is 23.2. The average Bonchev–Trinajstić information content (AvgIpc) is 3.51. The Morgan fingerprint density at radius 1 is 1.24 bits per heavy atom. The SMILES string of the molecule is CNC(=O)[C@]1(C)CC[C@@H](Nc2ncc3c(Br)nn(-c4ccc(-c5cncn5C)cc4)c3n2)C1. The number of aromatic nitrogens is 6. The third-order valence-electron chi connectivity index (χ3n) is 6.45. The van der Waals surface area contributed by atoms with Crippen LogP contribution in [0.25, 0.3) is 28.0 Å². The number of anilines is 1. The molecule has 1 amide bonds. The van der Waals surface area contributed by atoms with Crippen molar-refractivity contribution in [3.63, 3.8) is 0 Å². The van der Waals surface area contributed by atoms with Crippen molar-refractivity contribution in [1.82, 2.24) is 34.6 Å². The zero-order valence-electron chi connectivity index (χ0n) is 18.7. The van der Waals surface area contributed by atoms with Gasteiger partial charge in [0.2, 0.25) is 11.9 Å². The third-order valence-corrected chi connectivity index (χ3v) is 7.04. The van der Waals surface area contributed by atoms with E-state index in [1.807, 2.05) is 53.7 Å². The lowest BCUT2D eigenvalue weighted by Gasteiger charge is -2.22. The van der Waals surface area contributed by atoms with E-state index in [-0.39, 0.29) is 17.4 Å². The molecule has 3 aromatic heterocycles. The number of benzene rings is 1. The van der Waals surface area contributed by atoms with Gasteiger partial charge in [0.1, 0.15) is 4.60 Å². The molecule has 3 heterocycles. The molecule has 10 heteroatoms. The van der Waals surface area contributed by atoms with Crippen molar-refractivity contribution in [2.24, 2.45) is 12.5 Å². The first-order valence-corrected chi connectivity index (χ1v) is 11.6. The topological polar surface area (TPSA) is 103 Å². The second-order valence-electron chi connectivity index (χ2n) is 8.79. The molecule has 0 unspecified atom stereocenters. The van der Waals surface area contributed by atoms with Crippen LogP contribution in [-0.4, -0.2) is 48.3 Å². The van der Waals surface area contributed by atoms with Crippen molar-refractivity contribution < 1.29 is 4.79 Å². The second kappa shape index (κ2) is 8.26. The molecule has 1 aliphatic carbocycles. The van der Waals surface area contributed by atoms with Crippen LogP contribution >= 0.6 is 15.9 Å². The lowest BCUT2D eigenvalue weighted by atomic mass is 9.87. The zero-order valence-corrected chi connectivity index (χ0v) is 20.3. The maximum absolute atomic E-state index is 12.2. The van der Waals surface area contributed by atoms with Crippen molar-refractivity contribution in [2.45, 2.75) is 32.2 Å². The molecule has 2 N–H and O–H groups in total. The molecule has 0 bridgehead atoms. The van der Waals surface area contributed by atoms with Gasteiger partial charge in [-0.05, 0) is 52.9 Å². The number of amides is 1. The van der Waals surface area contributed by atoms with Gasteiger partial charge < -0.3 is 15.2 Å². The highest BCUT2D eigenvalue weighted by Gasteiger charge is 2.40. The lowest BCUT2D eigenvalue weighted by Crippen LogP contribution is -2.35. The molecule has 4 aromatic rings. The Kier molecular flexibility index (Phi) is 5.40. The van der Waals surface area contributed by atoms with Crippen LogP contribution in [-0.2, 0) is 11.8 Å². The van der Waals surface area contributed by atoms with Crippen LogP contribution < -0.4 is 10.6 Å². The summed E-state index contributed by atoms with van der Waals surface area (Å²) in [5.74, 6) is 0.619. The standard InChI is InChI=1S/C23H25BrN8O/c1-23(21(33)25-2)9-8-15(10-23)28-22-27-11-17-19(24)30-32(20(17)29-22)16-6-4-14(5-7-16)18-12-26-13-31(18)3/h4-7,11-13,15H,8-10H2,1-3H3,(H,25,33)(H,27,28,29)/t15-,23-/m1/s1. The normalized spacial score (nSPS) is 20.3. The summed E-state index contributed by atoms with van der Waals surface area (Å²) in [4.78, 5) is 25.7. The van der Waals surface area contributed by atoms with Crippen LogP contribution in [0.15, 0.2) is 47.6 Å². The van der Waals surface area contributed by atoms with Crippen molar-refractivity contribution >= 4 is 38.8 Å². The number of fused-ring (bicyclic) bond motifs is 1. The van der Waals surface area contributed by atoms with Crippen LogP contribution in [0.1, 0.15) is 26.2 Å². The Hall–Kier alpha value is -3.27. The van der Waals surface area contributed by atoms with E-state index in [4.69, 9.17) is 4.98 Å². The molecule has 0 radical (unpaired) electrons. The number of rotatable bonds is 5. The predicted octanol–water partition coefficient (Wildman–Crippen LogP) is 3.70. The van der Waals surface area contributed by atoms with Gasteiger partial charge in [0.15, 0.2) is 5.65 Å². The van der Waals surface area contributed by atoms with Gasteiger partial charge in [-0.15, -0.1) is 0 Å². The first kappa shape index (κ1) is 21.6. The summed E-state index contributed by atoms with van der Waals surface area (Å²) in [5, 5.41) is 11.7. The molecule has 33 heavy (non-hydrogen) atoms. The van der Waals surface area contributed by atoms with E-state index in [0.717, 1.165) is 41.6 Å². The summed E-state index contributed by atoms with van der Waals surface area (Å²) >= 11 is 3.53. The Morgan fingerprint density at radius 2 is 2.03 bits per heavy atom. The fourth-order valence-electron chi connectivity index (χ4n) is 4.58. The molecular formula is C23H25BrN8O. The largest absolute Gasteiger partial charge is 0.359 e. The van der Waals surface area contributed by atoms with Crippen molar-refractivity contribution in [3.8, 4) is 16.9 Å². The molecule has 0 spiro atoms. The molecule has 0 aliphatic heterocycles. The monoisotopic (exact) mass is 508 g/mol. The van der Waals surface area contributed by atoms with Gasteiger partial charge in [0, 0.05) is 31.7 Å². The van der Waals surface area contributed by atoms with Gasteiger partial charge in [-0.25, -0.2) is 14.6 Å². The molecule has 2 atom stereocenters. The highest BCUT2D eigenvalue weighted by atomic mass is 79.9. The number of hydrogen-bond donors (Lipinski definition) is 2. The summed E-state index contributed by atoms with van der Waals surface area (Å²) in [7, 11) is 3.66. The first-order chi connectivity index (χ1) is 15.9. The van der Waals surface area contributed by atoms with E-state index in [2.05, 4.69) is 41.6 Å². The Morgan fingerprint density at radius 3 is 2.73 bits per heavy atom. The molecule has 9 nitrogen and oxygen atoms in total. The molecule has 1 fully saturated rings. The summed E-state index contributed by atoms with van der Waals surface area (Å²) in [6.07, 6.45) is 7.87. The Labute approximate surface area is 199 Å². The van der Waals surface area contributed by atoms with E-state index in [1.165, 1.54) is 0 Å². The Bertz CT molecular complexity index is 1330. The van der Waals surface area contributed by atoms with E-state index < -0.39 is 0 Å². The number of halogens is 1. The minimum atomic E-state index is -0.364. The Balaban J connectivity index is 1.42. The van der Waals surface area contributed by atoms with E-state index in [0.29, 0.717) is 16.2 Å². The molecular weight excluding hydrogens is 484 g/mol. The molecule has 5 rings (SSSR count). The van der Waals surface area contributed by atoms with Gasteiger partial charge in [0.05, 0.1) is 29.3 Å². The number of carbonyl (C=O) groups is 1.